The zero-order valence-electron chi connectivity index (χ0n) is 22.2. The topological polar surface area (TPSA) is 111 Å². The van der Waals surface area contributed by atoms with Crippen LogP contribution >= 0.6 is 0 Å². The number of pyridine rings is 2. The van der Waals surface area contributed by atoms with E-state index in [-0.39, 0.29) is 11.7 Å². The SMILES string of the molecule is O=C(CC1CCNCC1)Nc1cncc(-c2cnc3[nH]nc(-c4cc5c(-c6ccc(F)cc6)cccc5[nH]4)c3c2)c1. The number of anilines is 1. The lowest BCUT2D eigenvalue weighted by Gasteiger charge is -2.21. The molecular formula is C32H28FN7O. The van der Waals surface area contributed by atoms with Crippen molar-refractivity contribution in [1.29, 1.82) is 0 Å². The predicted molar refractivity (Wildman–Crippen MR) is 159 cm³/mol. The number of carbonyl (C=O) groups is 1. The molecule has 1 saturated heterocycles. The Morgan fingerprint density at radius 3 is 2.61 bits per heavy atom. The first-order chi connectivity index (χ1) is 20.1. The first-order valence-electron chi connectivity index (χ1n) is 13.8. The fourth-order valence-corrected chi connectivity index (χ4v) is 5.66. The summed E-state index contributed by atoms with van der Waals surface area (Å²) in [5.74, 6) is 0.164. The summed E-state index contributed by atoms with van der Waals surface area (Å²) >= 11 is 0. The van der Waals surface area contributed by atoms with Crippen LogP contribution in [0.25, 0.3) is 55.6 Å². The Balaban J connectivity index is 1.19. The normalized spacial score (nSPS) is 14.1. The number of hydrogen-bond donors (Lipinski definition) is 4. The smallest absolute Gasteiger partial charge is 0.224 e. The molecule has 41 heavy (non-hydrogen) atoms. The Labute approximate surface area is 235 Å². The standard InChI is InChI=1S/C32H28FN7O/c33-23-6-4-20(5-7-23)25-2-1-3-28-26(25)15-29(38-28)31-27-14-22(17-36-32(27)40-39-31)21-13-24(18-35-16-21)37-30(41)12-19-8-10-34-11-9-19/h1-7,13-19,34,38H,8-12H2,(H,37,41)(H,36,39,40). The minimum atomic E-state index is -0.262. The van der Waals surface area contributed by atoms with Crippen LogP contribution in [0, 0.1) is 11.7 Å². The third-order valence-electron chi connectivity index (χ3n) is 7.78. The van der Waals surface area contributed by atoms with Crippen LogP contribution in [0.1, 0.15) is 19.3 Å². The highest BCUT2D eigenvalue weighted by Crippen LogP contribution is 2.35. The van der Waals surface area contributed by atoms with Crippen LogP contribution in [-0.4, -0.2) is 44.1 Å². The molecule has 0 bridgehead atoms. The molecule has 2 aromatic carbocycles. The van der Waals surface area contributed by atoms with Crippen molar-refractivity contribution < 1.29 is 9.18 Å². The van der Waals surface area contributed by atoms with Crippen LogP contribution in [0.3, 0.4) is 0 Å². The molecule has 4 N–H and O–H groups in total. The Hall–Kier alpha value is -4.89. The van der Waals surface area contributed by atoms with Crippen molar-refractivity contribution in [3.05, 3.63) is 85.1 Å². The van der Waals surface area contributed by atoms with E-state index in [0.29, 0.717) is 23.7 Å². The predicted octanol–water partition coefficient (Wildman–Crippen LogP) is 6.30. The lowest BCUT2D eigenvalue weighted by atomic mass is 9.94. The average molecular weight is 546 g/mol. The molecule has 4 aromatic heterocycles. The zero-order chi connectivity index (χ0) is 27.8. The number of fused-ring (bicyclic) bond motifs is 2. The minimum absolute atomic E-state index is 0.0142. The van der Waals surface area contributed by atoms with Crippen LogP contribution < -0.4 is 10.6 Å². The molecule has 6 aromatic rings. The highest BCUT2D eigenvalue weighted by atomic mass is 19.1. The summed E-state index contributed by atoms with van der Waals surface area (Å²) < 4.78 is 13.5. The number of aromatic amines is 2. The molecule has 8 nitrogen and oxygen atoms in total. The molecule has 0 atom stereocenters. The molecule has 0 saturated carbocycles. The van der Waals surface area contributed by atoms with E-state index >= 15 is 0 Å². The Morgan fingerprint density at radius 2 is 1.76 bits per heavy atom. The maximum Gasteiger partial charge on any atom is 0.224 e. The molecule has 7 rings (SSSR count). The molecule has 1 amide bonds. The third kappa shape index (κ3) is 5.07. The van der Waals surface area contributed by atoms with E-state index in [1.807, 2.05) is 30.3 Å². The van der Waals surface area contributed by atoms with Gasteiger partial charge in [-0.15, -0.1) is 0 Å². The second-order valence-corrected chi connectivity index (χ2v) is 10.6. The van der Waals surface area contributed by atoms with Crippen LogP contribution in [0.15, 0.2) is 79.3 Å². The van der Waals surface area contributed by atoms with E-state index in [9.17, 15) is 9.18 Å². The molecule has 0 radical (unpaired) electrons. The second-order valence-electron chi connectivity index (χ2n) is 10.6. The number of benzene rings is 2. The zero-order valence-corrected chi connectivity index (χ0v) is 22.2. The third-order valence-corrected chi connectivity index (χ3v) is 7.78. The Morgan fingerprint density at radius 1 is 0.927 bits per heavy atom. The quantitative estimate of drug-likeness (QED) is 0.196. The Bertz CT molecular complexity index is 1870. The largest absolute Gasteiger partial charge is 0.353 e. The van der Waals surface area contributed by atoms with E-state index in [1.165, 1.54) is 12.1 Å². The molecule has 1 aliphatic rings. The number of piperidine rings is 1. The summed E-state index contributed by atoms with van der Waals surface area (Å²) in [6.45, 7) is 1.93. The summed E-state index contributed by atoms with van der Waals surface area (Å²) in [6, 6.07) is 18.6. The second kappa shape index (κ2) is 10.6. The van der Waals surface area contributed by atoms with Crippen LogP contribution in [0.5, 0.6) is 0 Å². The maximum absolute atomic E-state index is 13.5. The first-order valence-corrected chi connectivity index (χ1v) is 13.8. The van der Waals surface area contributed by atoms with E-state index in [2.05, 4.69) is 41.8 Å². The van der Waals surface area contributed by atoms with Gasteiger partial charge in [0, 0.05) is 46.2 Å². The number of amides is 1. The fraction of sp³-hybridized carbons (Fsp3) is 0.188. The number of hydrogen-bond acceptors (Lipinski definition) is 5. The summed E-state index contributed by atoms with van der Waals surface area (Å²) in [6.07, 6.45) is 7.78. The van der Waals surface area contributed by atoms with Crippen molar-refractivity contribution >= 4 is 33.5 Å². The van der Waals surface area contributed by atoms with Crippen molar-refractivity contribution in [2.24, 2.45) is 5.92 Å². The minimum Gasteiger partial charge on any atom is -0.353 e. The van der Waals surface area contributed by atoms with Gasteiger partial charge in [-0.2, -0.15) is 5.10 Å². The van der Waals surface area contributed by atoms with E-state index in [1.54, 1.807) is 30.7 Å². The number of nitrogens with one attached hydrogen (secondary N) is 4. The van der Waals surface area contributed by atoms with E-state index < -0.39 is 0 Å². The van der Waals surface area contributed by atoms with Crippen molar-refractivity contribution in [2.45, 2.75) is 19.3 Å². The van der Waals surface area contributed by atoms with Crippen LogP contribution in [0.4, 0.5) is 10.1 Å². The summed E-state index contributed by atoms with van der Waals surface area (Å²) in [7, 11) is 0. The van der Waals surface area contributed by atoms with Gasteiger partial charge in [0.05, 0.1) is 17.6 Å². The van der Waals surface area contributed by atoms with Gasteiger partial charge in [-0.05, 0) is 79.4 Å². The van der Waals surface area contributed by atoms with Crippen molar-refractivity contribution in [2.75, 3.05) is 18.4 Å². The number of aromatic nitrogens is 5. The van der Waals surface area contributed by atoms with Gasteiger partial charge in [0.2, 0.25) is 5.91 Å². The number of rotatable bonds is 6. The van der Waals surface area contributed by atoms with Gasteiger partial charge in [0.15, 0.2) is 5.65 Å². The first kappa shape index (κ1) is 25.1. The van der Waals surface area contributed by atoms with Gasteiger partial charge in [-0.3, -0.25) is 14.9 Å². The molecule has 9 heteroatoms. The summed E-state index contributed by atoms with van der Waals surface area (Å²) in [5.41, 5.74) is 7.54. The highest BCUT2D eigenvalue weighted by molar-refractivity contribution is 6.01. The molecule has 0 spiro atoms. The van der Waals surface area contributed by atoms with Gasteiger partial charge in [-0.1, -0.05) is 24.3 Å². The number of halogens is 1. The molecule has 5 heterocycles. The van der Waals surface area contributed by atoms with Gasteiger partial charge in [-0.25, -0.2) is 9.37 Å². The lowest BCUT2D eigenvalue weighted by Crippen LogP contribution is -2.30. The van der Waals surface area contributed by atoms with Crippen molar-refractivity contribution in [3.63, 3.8) is 0 Å². The fourth-order valence-electron chi connectivity index (χ4n) is 5.66. The molecule has 1 aliphatic heterocycles. The molecule has 0 aliphatic carbocycles. The number of nitrogens with zero attached hydrogens (tertiary/aromatic N) is 3. The Kier molecular flexibility index (Phi) is 6.48. The number of H-pyrrole nitrogens is 2. The van der Waals surface area contributed by atoms with Gasteiger partial charge in [0.1, 0.15) is 11.5 Å². The summed E-state index contributed by atoms with van der Waals surface area (Å²) in [4.78, 5) is 25.1. The van der Waals surface area contributed by atoms with E-state index in [4.69, 9.17) is 0 Å². The van der Waals surface area contributed by atoms with Gasteiger partial charge in [0.25, 0.3) is 0 Å². The van der Waals surface area contributed by atoms with Crippen LogP contribution in [-0.2, 0) is 4.79 Å². The van der Waals surface area contributed by atoms with E-state index in [0.717, 1.165) is 75.9 Å². The van der Waals surface area contributed by atoms with Crippen molar-refractivity contribution in [1.82, 2.24) is 30.5 Å². The van der Waals surface area contributed by atoms with Gasteiger partial charge < -0.3 is 15.6 Å². The molecular weight excluding hydrogens is 517 g/mol. The van der Waals surface area contributed by atoms with Crippen molar-refractivity contribution in [3.8, 4) is 33.6 Å². The lowest BCUT2D eigenvalue weighted by molar-refractivity contribution is -0.117. The molecule has 1 fully saturated rings. The average Bonchev–Trinajstić information content (AvgIpc) is 3.62. The van der Waals surface area contributed by atoms with Gasteiger partial charge >= 0.3 is 0 Å². The molecule has 204 valence electrons. The highest BCUT2D eigenvalue weighted by Gasteiger charge is 2.18. The maximum atomic E-state index is 13.5. The van der Waals surface area contributed by atoms with Crippen LogP contribution in [0.2, 0.25) is 0 Å². The molecule has 0 unspecified atom stereocenters. The monoisotopic (exact) mass is 545 g/mol. The number of carbonyl (C=O) groups excluding carboxylic acids is 1. The summed E-state index contributed by atoms with van der Waals surface area (Å²) in [5, 5.41) is 15.9.